The molecule has 2 heterocycles. The standard InChI is InChI=1S/C33H41ClN2O5S/c1-21-18-42(39)35-31(37)23-7-11-30-28(16-23)36(17-24-6-9-26(24)29(40-3)12-14-32(21,2)38)19-33(20-41-30)13-4-5-22-15-25(34)8-10-27(22)33/h7-8,10-12,14-16,21,24,26,29,38,42H,4-6,9,13,17-20H2,1-3H3/b14-12+/t21-,24+,26-,29+,32+,33+/m1/s1. The number of aliphatic hydroxyl groups is 1. The number of halogens is 1. The van der Waals surface area contributed by atoms with Gasteiger partial charge in [0.05, 0.1) is 24.0 Å². The number of thiol groups is 1. The van der Waals surface area contributed by atoms with Gasteiger partial charge in [-0.05, 0) is 92.3 Å². The fourth-order valence-corrected chi connectivity index (χ4v) is 8.69. The average molecular weight is 613 g/mol. The molecule has 1 amide bonds. The molecule has 2 aromatic rings. The number of benzene rings is 2. The van der Waals surface area contributed by atoms with Crippen LogP contribution in [0, 0.1) is 17.8 Å². The van der Waals surface area contributed by atoms with Gasteiger partial charge in [0.25, 0.3) is 5.91 Å². The molecule has 2 aliphatic heterocycles. The number of carbonyl (C=O) groups is 1. The SMILES string of the molecule is CO[C@H]1/C=C/[C@](C)(O)[C@H](C)C/[SH](=O)=N\C(=O)c2ccc3c(c2)N(C[C@@H]2CC[C@H]21)C[C@@]1(CCCc2cc(Cl)ccc21)CO3. The minimum Gasteiger partial charge on any atom is -0.490 e. The molecule has 1 unspecified atom stereocenters. The first kappa shape index (κ1) is 29.7. The number of hydrogen-bond donors (Lipinski definition) is 2. The number of amides is 1. The van der Waals surface area contributed by atoms with E-state index >= 15 is 0 Å². The fourth-order valence-electron chi connectivity index (χ4n) is 7.25. The number of ether oxygens (including phenoxy) is 2. The quantitative estimate of drug-likeness (QED) is 0.321. The van der Waals surface area contributed by atoms with Crippen LogP contribution < -0.4 is 9.64 Å². The molecule has 2 aromatic carbocycles. The summed E-state index contributed by atoms with van der Waals surface area (Å²) in [7, 11) is -0.477. The zero-order valence-electron chi connectivity index (χ0n) is 24.6. The molecule has 9 heteroatoms. The third kappa shape index (κ3) is 5.63. The minimum absolute atomic E-state index is 0.105. The predicted molar refractivity (Wildman–Crippen MR) is 167 cm³/mol. The van der Waals surface area contributed by atoms with Gasteiger partial charge in [-0.3, -0.25) is 9.00 Å². The third-order valence-electron chi connectivity index (χ3n) is 10.2. The van der Waals surface area contributed by atoms with Gasteiger partial charge >= 0.3 is 0 Å². The number of nitrogens with zero attached hydrogens (tertiary/aromatic N) is 2. The van der Waals surface area contributed by atoms with Crippen molar-refractivity contribution in [3.8, 4) is 5.75 Å². The highest BCUT2D eigenvalue weighted by Crippen LogP contribution is 2.47. The molecule has 1 spiro atoms. The van der Waals surface area contributed by atoms with Gasteiger partial charge in [0.2, 0.25) is 0 Å². The molecular formula is C33H41ClN2O5S. The van der Waals surface area contributed by atoms with E-state index in [1.54, 1.807) is 26.2 Å². The Labute approximate surface area is 255 Å². The van der Waals surface area contributed by atoms with E-state index in [4.69, 9.17) is 21.1 Å². The van der Waals surface area contributed by atoms with E-state index in [1.165, 1.54) is 11.1 Å². The van der Waals surface area contributed by atoms with E-state index in [2.05, 4.69) is 21.4 Å². The molecule has 1 fully saturated rings. The van der Waals surface area contributed by atoms with Gasteiger partial charge in [0, 0.05) is 58.5 Å². The summed E-state index contributed by atoms with van der Waals surface area (Å²) in [6, 6.07) is 11.7. The van der Waals surface area contributed by atoms with Crippen LogP contribution in [0.4, 0.5) is 5.69 Å². The predicted octanol–water partition coefficient (Wildman–Crippen LogP) is 5.62. The summed E-state index contributed by atoms with van der Waals surface area (Å²) in [6.07, 6.45) is 8.76. The Morgan fingerprint density at radius 1 is 1.21 bits per heavy atom. The fraction of sp³-hybridized carbons (Fsp3) is 0.545. The Hall–Kier alpha value is -2.39. The Bertz CT molecular complexity index is 1480. The van der Waals surface area contributed by atoms with Gasteiger partial charge in [-0.2, -0.15) is 4.36 Å². The first-order chi connectivity index (χ1) is 20.1. The van der Waals surface area contributed by atoms with Crippen molar-refractivity contribution in [3.05, 3.63) is 70.3 Å². The van der Waals surface area contributed by atoms with Crippen LogP contribution in [-0.2, 0) is 27.2 Å². The molecular weight excluding hydrogens is 572 g/mol. The van der Waals surface area contributed by atoms with E-state index < -0.39 is 22.1 Å². The summed E-state index contributed by atoms with van der Waals surface area (Å²) in [5, 5.41) is 11.9. The summed E-state index contributed by atoms with van der Waals surface area (Å²) in [5.41, 5.74) is 2.41. The number of aryl methyl sites for hydroxylation is 1. The van der Waals surface area contributed by atoms with Crippen molar-refractivity contribution in [3.63, 3.8) is 0 Å². The maximum Gasteiger partial charge on any atom is 0.284 e. The van der Waals surface area contributed by atoms with E-state index in [9.17, 15) is 14.1 Å². The maximum atomic E-state index is 13.2. The van der Waals surface area contributed by atoms with Crippen molar-refractivity contribution in [1.29, 1.82) is 0 Å². The summed E-state index contributed by atoms with van der Waals surface area (Å²) in [5.74, 6) is 0.641. The smallest absolute Gasteiger partial charge is 0.284 e. The van der Waals surface area contributed by atoms with E-state index in [1.807, 2.05) is 31.2 Å². The first-order valence-electron chi connectivity index (χ1n) is 15.0. The second-order valence-corrected chi connectivity index (χ2v) is 14.6. The highest BCUT2D eigenvalue weighted by Gasteiger charge is 2.44. The Balaban J connectivity index is 1.44. The molecule has 1 saturated carbocycles. The molecule has 2 bridgehead atoms. The van der Waals surface area contributed by atoms with Gasteiger partial charge in [0.1, 0.15) is 5.75 Å². The number of methoxy groups -OCH3 is 1. The topological polar surface area (TPSA) is 88.4 Å². The molecule has 1 N–H and O–H groups in total. The van der Waals surface area contributed by atoms with Gasteiger partial charge in [-0.25, -0.2) is 0 Å². The second kappa shape index (κ2) is 11.6. The van der Waals surface area contributed by atoms with Crippen molar-refractivity contribution in [2.24, 2.45) is 22.1 Å². The number of anilines is 1. The Morgan fingerprint density at radius 3 is 2.81 bits per heavy atom. The Kier molecular flexibility index (Phi) is 8.20. The lowest BCUT2D eigenvalue weighted by atomic mass is 9.68. The Morgan fingerprint density at radius 2 is 2.05 bits per heavy atom. The number of carbonyl (C=O) groups excluding carboxylic acids is 1. The van der Waals surface area contributed by atoms with Gasteiger partial charge in [0.15, 0.2) is 0 Å². The summed E-state index contributed by atoms with van der Waals surface area (Å²) in [6.45, 7) is 5.62. The zero-order chi connectivity index (χ0) is 29.6. The molecule has 4 aliphatic rings. The van der Waals surface area contributed by atoms with Crippen molar-refractivity contribution in [1.82, 2.24) is 0 Å². The molecule has 6 rings (SSSR count). The van der Waals surface area contributed by atoms with Crippen molar-refractivity contribution in [2.75, 3.05) is 37.5 Å². The van der Waals surface area contributed by atoms with Crippen molar-refractivity contribution in [2.45, 2.75) is 63.1 Å². The van der Waals surface area contributed by atoms with Crippen molar-refractivity contribution < 1.29 is 23.6 Å². The number of rotatable bonds is 1. The normalized spacial score (nSPS) is 36.0. The van der Waals surface area contributed by atoms with Crippen LogP contribution >= 0.6 is 11.6 Å². The van der Waals surface area contributed by atoms with E-state index in [-0.39, 0.29) is 23.2 Å². The zero-order valence-corrected chi connectivity index (χ0v) is 26.2. The van der Waals surface area contributed by atoms with Crippen LogP contribution in [0.1, 0.15) is 61.0 Å². The van der Waals surface area contributed by atoms with Gasteiger partial charge < -0.3 is 19.5 Å². The highest BCUT2D eigenvalue weighted by atomic mass is 35.5. The molecule has 7 atom stereocenters. The van der Waals surface area contributed by atoms with Gasteiger partial charge in [-0.15, -0.1) is 0 Å². The van der Waals surface area contributed by atoms with Crippen LogP contribution in [0.2, 0.25) is 5.02 Å². The minimum atomic E-state index is -2.20. The third-order valence-corrected chi connectivity index (χ3v) is 11.7. The monoisotopic (exact) mass is 612 g/mol. The van der Waals surface area contributed by atoms with Crippen LogP contribution in [0.5, 0.6) is 5.75 Å². The highest BCUT2D eigenvalue weighted by molar-refractivity contribution is 7.75. The summed E-state index contributed by atoms with van der Waals surface area (Å²) in [4.78, 5) is 15.6. The van der Waals surface area contributed by atoms with Crippen LogP contribution in [0.3, 0.4) is 0 Å². The molecule has 226 valence electrons. The van der Waals surface area contributed by atoms with Crippen LogP contribution in [-0.4, -0.2) is 59.5 Å². The number of hydrogen-bond acceptors (Lipinski definition) is 6. The maximum absolute atomic E-state index is 13.2. The van der Waals surface area contributed by atoms with E-state index in [0.717, 1.165) is 61.7 Å². The largest absolute Gasteiger partial charge is 0.490 e. The molecule has 2 aliphatic carbocycles. The first-order valence-corrected chi connectivity index (χ1v) is 16.8. The van der Waals surface area contributed by atoms with Gasteiger partial charge in [-0.1, -0.05) is 36.7 Å². The van der Waals surface area contributed by atoms with E-state index in [0.29, 0.717) is 24.0 Å². The lowest BCUT2D eigenvalue weighted by Gasteiger charge is -2.46. The van der Waals surface area contributed by atoms with Crippen LogP contribution in [0.25, 0.3) is 0 Å². The summed E-state index contributed by atoms with van der Waals surface area (Å²) < 4.78 is 29.5. The second-order valence-electron chi connectivity index (χ2n) is 12.9. The average Bonchev–Trinajstić information content (AvgIpc) is 3.09. The lowest BCUT2D eigenvalue weighted by Crippen LogP contribution is -2.49. The molecule has 42 heavy (non-hydrogen) atoms. The molecule has 0 aromatic heterocycles. The lowest BCUT2D eigenvalue weighted by molar-refractivity contribution is 0.0102. The number of fused-ring (bicyclic) bond motifs is 4. The molecule has 0 saturated heterocycles. The summed E-state index contributed by atoms with van der Waals surface area (Å²) >= 11 is 6.41. The van der Waals surface area contributed by atoms with Crippen LogP contribution in [0.15, 0.2) is 52.9 Å². The molecule has 0 radical (unpaired) electrons. The molecule has 7 nitrogen and oxygen atoms in total. The van der Waals surface area contributed by atoms with Crippen molar-refractivity contribution >= 4 is 33.8 Å².